The Bertz CT molecular complexity index is 525. The van der Waals surface area contributed by atoms with Crippen molar-refractivity contribution in [3.05, 3.63) is 23.0 Å². The summed E-state index contributed by atoms with van der Waals surface area (Å²) in [6, 6.07) is 2.34. The molecule has 0 unspecified atom stereocenters. The van der Waals surface area contributed by atoms with Gasteiger partial charge in [0.15, 0.2) is 5.84 Å². The number of hydrogen-bond donors (Lipinski definition) is 3. The lowest BCUT2D eigenvalue weighted by Gasteiger charge is -2.32. The summed E-state index contributed by atoms with van der Waals surface area (Å²) in [6.07, 6.45) is 4.62. The van der Waals surface area contributed by atoms with E-state index in [1.165, 1.54) is 12.8 Å². The fourth-order valence-corrected chi connectivity index (χ4v) is 3.22. The monoisotopic (exact) mass is 292 g/mol. The van der Waals surface area contributed by atoms with Crippen LogP contribution in [0, 0.1) is 13.8 Å². The van der Waals surface area contributed by atoms with Crippen molar-refractivity contribution in [1.29, 1.82) is 0 Å². The van der Waals surface area contributed by atoms with Crippen LogP contribution >= 0.6 is 0 Å². The van der Waals surface area contributed by atoms with Crippen LogP contribution in [0.25, 0.3) is 0 Å². The van der Waals surface area contributed by atoms with E-state index in [0.717, 1.165) is 29.9 Å². The lowest BCUT2D eigenvalue weighted by molar-refractivity contribution is 0.297. The second-order valence-electron chi connectivity index (χ2n) is 5.58. The Morgan fingerprint density at radius 1 is 1.43 bits per heavy atom. The lowest BCUT2D eigenvalue weighted by Crippen LogP contribution is -2.37. The molecule has 0 saturated heterocycles. The number of pyridine rings is 1. The summed E-state index contributed by atoms with van der Waals surface area (Å²) < 4.78 is 0. The Morgan fingerprint density at radius 2 is 2.10 bits per heavy atom. The lowest BCUT2D eigenvalue weighted by atomic mass is 10.1. The van der Waals surface area contributed by atoms with Crippen LogP contribution in [0.2, 0.25) is 0 Å². The minimum atomic E-state index is 0.0657. The van der Waals surface area contributed by atoms with Crippen LogP contribution in [0.15, 0.2) is 11.2 Å². The maximum absolute atomic E-state index is 9.42. The number of nitrogens with two attached hydrogens (primary N) is 1. The molecule has 0 aromatic carbocycles. The van der Waals surface area contributed by atoms with Gasteiger partial charge in [-0.25, -0.2) is 0 Å². The molecule has 21 heavy (non-hydrogen) atoms. The van der Waals surface area contributed by atoms with Crippen molar-refractivity contribution in [2.75, 3.05) is 18.1 Å². The second kappa shape index (κ2) is 6.76. The molecule has 1 heterocycles. The van der Waals surface area contributed by atoms with Gasteiger partial charge in [0.25, 0.3) is 0 Å². The number of aromatic nitrogens is 1. The summed E-state index contributed by atoms with van der Waals surface area (Å²) in [5.74, 6) is 0.0657. The van der Waals surface area contributed by atoms with Crippen molar-refractivity contribution >= 4 is 11.5 Å². The number of oxime groups is 1. The van der Waals surface area contributed by atoms with E-state index < -0.39 is 0 Å². The maximum Gasteiger partial charge on any atom is 0.174 e. The Balaban J connectivity index is 2.52. The smallest absolute Gasteiger partial charge is 0.174 e. The van der Waals surface area contributed by atoms with E-state index in [2.05, 4.69) is 15.0 Å². The normalized spacial score (nSPS) is 16.4. The minimum absolute atomic E-state index is 0.0657. The predicted molar refractivity (Wildman–Crippen MR) is 82.9 cm³/mol. The van der Waals surface area contributed by atoms with E-state index in [1.54, 1.807) is 0 Å². The summed E-state index contributed by atoms with van der Waals surface area (Å²) in [5.41, 5.74) is 9.03. The fraction of sp³-hybridized carbons (Fsp3) is 0.600. The summed E-state index contributed by atoms with van der Waals surface area (Å²) in [4.78, 5) is 6.59. The molecule has 6 nitrogen and oxygen atoms in total. The average molecular weight is 292 g/mol. The van der Waals surface area contributed by atoms with Crippen molar-refractivity contribution in [2.24, 2.45) is 10.9 Å². The van der Waals surface area contributed by atoms with Crippen LogP contribution in [0.3, 0.4) is 0 Å². The van der Waals surface area contributed by atoms with Crippen LogP contribution in [0.5, 0.6) is 0 Å². The SMILES string of the molecule is Cc1cc(N(CCO)C2CCCC2)c(/C(N)=N/O)c(C)n1. The van der Waals surface area contributed by atoms with Crippen LogP contribution in [0.1, 0.15) is 42.6 Å². The first kappa shape index (κ1) is 15.6. The van der Waals surface area contributed by atoms with Gasteiger partial charge in [-0.1, -0.05) is 18.0 Å². The average Bonchev–Trinajstić information content (AvgIpc) is 2.97. The molecule has 2 rings (SSSR count). The van der Waals surface area contributed by atoms with E-state index in [-0.39, 0.29) is 12.4 Å². The molecule has 1 aliphatic rings. The Labute approximate surface area is 125 Å². The number of nitrogens with zero attached hydrogens (tertiary/aromatic N) is 3. The first-order valence-electron chi connectivity index (χ1n) is 7.42. The Morgan fingerprint density at radius 3 is 2.67 bits per heavy atom. The molecular formula is C15H24N4O2. The first-order valence-corrected chi connectivity index (χ1v) is 7.42. The molecule has 0 amide bonds. The van der Waals surface area contributed by atoms with E-state index in [9.17, 15) is 5.11 Å². The number of aliphatic hydroxyl groups excluding tert-OH is 1. The third-order valence-corrected chi connectivity index (χ3v) is 4.09. The maximum atomic E-state index is 9.42. The van der Waals surface area contributed by atoms with E-state index >= 15 is 0 Å². The zero-order valence-electron chi connectivity index (χ0n) is 12.7. The summed E-state index contributed by atoms with van der Waals surface area (Å²) in [6.45, 7) is 4.40. The minimum Gasteiger partial charge on any atom is -0.409 e. The Kier molecular flexibility index (Phi) is 5.01. The quantitative estimate of drug-likeness (QED) is 0.331. The largest absolute Gasteiger partial charge is 0.409 e. The first-order chi connectivity index (χ1) is 10.1. The van der Waals surface area contributed by atoms with Gasteiger partial charge in [0.05, 0.1) is 23.6 Å². The number of hydrogen-bond acceptors (Lipinski definition) is 5. The standard InChI is InChI=1S/C15H24N4O2/c1-10-9-13(14(11(2)17-10)15(16)18-21)19(7-8-20)12-5-3-4-6-12/h9,12,20-21H,3-8H2,1-2H3,(H2,16,18). The van der Waals surface area contributed by atoms with Gasteiger partial charge in [0.1, 0.15) is 0 Å². The van der Waals surface area contributed by atoms with Crippen molar-refractivity contribution in [3.63, 3.8) is 0 Å². The van der Waals surface area contributed by atoms with Gasteiger partial charge in [-0.2, -0.15) is 0 Å². The van der Waals surface area contributed by atoms with Crippen LogP contribution < -0.4 is 10.6 Å². The molecule has 1 aromatic rings. The Hall–Kier alpha value is -1.82. The van der Waals surface area contributed by atoms with Gasteiger partial charge in [-0.15, -0.1) is 0 Å². The highest BCUT2D eigenvalue weighted by Gasteiger charge is 2.26. The third-order valence-electron chi connectivity index (χ3n) is 4.09. The summed E-state index contributed by atoms with van der Waals surface area (Å²) in [7, 11) is 0. The zero-order chi connectivity index (χ0) is 15.4. The molecule has 0 spiro atoms. The molecule has 6 heteroatoms. The van der Waals surface area contributed by atoms with E-state index in [4.69, 9.17) is 10.9 Å². The second-order valence-corrected chi connectivity index (χ2v) is 5.58. The molecule has 1 fully saturated rings. The molecule has 1 saturated carbocycles. The van der Waals surface area contributed by atoms with Gasteiger partial charge in [0, 0.05) is 18.3 Å². The van der Waals surface area contributed by atoms with Crippen LogP contribution in [-0.2, 0) is 0 Å². The van der Waals surface area contributed by atoms with Crippen molar-refractivity contribution in [2.45, 2.75) is 45.6 Å². The number of rotatable bonds is 5. The molecule has 0 atom stereocenters. The van der Waals surface area contributed by atoms with Crippen LogP contribution in [-0.4, -0.2) is 40.3 Å². The number of amidine groups is 1. The molecule has 116 valence electrons. The van der Waals surface area contributed by atoms with Crippen molar-refractivity contribution in [3.8, 4) is 0 Å². The third kappa shape index (κ3) is 3.26. The van der Waals surface area contributed by atoms with E-state index in [1.807, 2.05) is 19.9 Å². The summed E-state index contributed by atoms with van der Waals surface area (Å²) in [5, 5.41) is 21.6. The van der Waals surface area contributed by atoms with Gasteiger partial charge >= 0.3 is 0 Å². The molecule has 1 aromatic heterocycles. The van der Waals surface area contributed by atoms with Gasteiger partial charge in [-0.3, -0.25) is 4.98 Å². The van der Waals surface area contributed by atoms with Crippen molar-refractivity contribution < 1.29 is 10.3 Å². The zero-order valence-corrected chi connectivity index (χ0v) is 12.7. The van der Waals surface area contributed by atoms with Gasteiger partial charge in [-0.05, 0) is 32.8 Å². The molecule has 0 aliphatic heterocycles. The molecule has 1 aliphatic carbocycles. The van der Waals surface area contributed by atoms with Gasteiger partial charge in [0.2, 0.25) is 0 Å². The molecular weight excluding hydrogens is 268 g/mol. The number of aryl methyl sites for hydroxylation is 2. The van der Waals surface area contributed by atoms with E-state index in [0.29, 0.717) is 18.2 Å². The number of aliphatic hydroxyl groups is 1. The highest BCUT2D eigenvalue weighted by atomic mass is 16.4. The highest BCUT2D eigenvalue weighted by Crippen LogP contribution is 2.31. The van der Waals surface area contributed by atoms with Crippen molar-refractivity contribution in [1.82, 2.24) is 4.98 Å². The molecule has 4 N–H and O–H groups in total. The van der Waals surface area contributed by atoms with Crippen LogP contribution in [0.4, 0.5) is 5.69 Å². The number of anilines is 1. The highest BCUT2D eigenvalue weighted by molar-refractivity contribution is 6.03. The fourth-order valence-electron chi connectivity index (χ4n) is 3.22. The predicted octanol–water partition coefficient (Wildman–Crippen LogP) is 1.53. The topological polar surface area (TPSA) is 95.0 Å². The summed E-state index contributed by atoms with van der Waals surface area (Å²) >= 11 is 0. The van der Waals surface area contributed by atoms with Gasteiger partial charge < -0.3 is 20.9 Å². The molecule has 0 bridgehead atoms. The molecule has 0 radical (unpaired) electrons.